The van der Waals surface area contributed by atoms with Crippen molar-refractivity contribution < 1.29 is 27.9 Å². The standard InChI is InChI=1S/C20H23F3N4O4/c1-3-31-25-14-4-6-27(10-20(14,2)24)17-13(22)8-11-16(15(17)23)26(7-5-21)9-12(18(11)28)19(29)30/h8-9H,3-7,10,24H2,1-2H3,(H,29,30)/b25-14+. The highest BCUT2D eigenvalue weighted by molar-refractivity contribution is 5.96. The van der Waals surface area contributed by atoms with Gasteiger partial charge in [0, 0.05) is 25.7 Å². The summed E-state index contributed by atoms with van der Waals surface area (Å²) >= 11 is 0. The number of piperidine rings is 1. The summed E-state index contributed by atoms with van der Waals surface area (Å²) in [6, 6.07) is 0.787. The van der Waals surface area contributed by atoms with Gasteiger partial charge in [-0.15, -0.1) is 0 Å². The van der Waals surface area contributed by atoms with E-state index in [-0.39, 0.29) is 18.6 Å². The molecule has 1 unspecified atom stereocenters. The molecule has 168 valence electrons. The van der Waals surface area contributed by atoms with E-state index in [1.165, 1.54) is 4.90 Å². The Kier molecular flexibility index (Phi) is 6.25. The van der Waals surface area contributed by atoms with E-state index < -0.39 is 58.4 Å². The second-order valence-electron chi connectivity index (χ2n) is 7.52. The Morgan fingerprint density at radius 2 is 2.13 bits per heavy atom. The predicted octanol–water partition coefficient (Wildman–Crippen LogP) is 2.27. The Morgan fingerprint density at radius 3 is 2.71 bits per heavy atom. The van der Waals surface area contributed by atoms with Crippen molar-refractivity contribution in [2.45, 2.75) is 32.4 Å². The number of carbonyl (C=O) groups is 1. The Bertz CT molecular complexity index is 1110. The van der Waals surface area contributed by atoms with Crippen LogP contribution >= 0.6 is 0 Å². The molecule has 0 bridgehead atoms. The van der Waals surface area contributed by atoms with Crippen molar-refractivity contribution in [3.05, 3.63) is 39.7 Å². The zero-order valence-corrected chi connectivity index (χ0v) is 17.1. The Morgan fingerprint density at radius 1 is 1.42 bits per heavy atom. The van der Waals surface area contributed by atoms with E-state index in [1.807, 2.05) is 0 Å². The zero-order valence-electron chi connectivity index (χ0n) is 17.1. The van der Waals surface area contributed by atoms with Gasteiger partial charge in [0.15, 0.2) is 5.82 Å². The number of aryl methyl sites for hydroxylation is 1. The van der Waals surface area contributed by atoms with Crippen molar-refractivity contribution in [1.29, 1.82) is 0 Å². The van der Waals surface area contributed by atoms with Crippen molar-refractivity contribution in [2.75, 3.05) is 31.3 Å². The smallest absolute Gasteiger partial charge is 0.341 e. The van der Waals surface area contributed by atoms with Crippen molar-refractivity contribution in [3.63, 3.8) is 0 Å². The fourth-order valence-corrected chi connectivity index (χ4v) is 3.76. The molecule has 0 spiro atoms. The monoisotopic (exact) mass is 440 g/mol. The van der Waals surface area contributed by atoms with Gasteiger partial charge in [0.2, 0.25) is 5.43 Å². The van der Waals surface area contributed by atoms with Crippen LogP contribution in [0.4, 0.5) is 18.9 Å². The molecule has 1 aliphatic rings. The largest absolute Gasteiger partial charge is 0.477 e. The summed E-state index contributed by atoms with van der Waals surface area (Å²) in [5.41, 5.74) is 3.28. The van der Waals surface area contributed by atoms with Crippen LogP contribution in [0.15, 0.2) is 22.2 Å². The second kappa shape index (κ2) is 8.58. The molecule has 1 saturated heterocycles. The lowest BCUT2D eigenvalue weighted by Gasteiger charge is -2.40. The SMILES string of the molecule is CCO/N=C1\CCN(c2c(F)cc3c(=O)c(C(=O)O)cn(CCF)c3c2F)CC1(C)N. The molecule has 8 nitrogen and oxygen atoms in total. The lowest BCUT2D eigenvalue weighted by atomic mass is 9.89. The fraction of sp³-hybridized carbons (Fsp3) is 0.450. The number of halogens is 3. The van der Waals surface area contributed by atoms with E-state index >= 15 is 4.39 Å². The number of nitrogens with zero attached hydrogens (tertiary/aromatic N) is 3. The van der Waals surface area contributed by atoms with Crippen LogP contribution in [0, 0.1) is 11.6 Å². The first-order chi connectivity index (χ1) is 14.6. The van der Waals surface area contributed by atoms with Crippen LogP contribution in [0.25, 0.3) is 10.9 Å². The molecule has 0 amide bonds. The van der Waals surface area contributed by atoms with Gasteiger partial charge in [-0.2, -0.15) is 0 Å². The number of pyridine rings is 1. The molecule has 31 heavy (non-hydrogen) atoms. The number of nitrogens with two attached hydrogens (primary N) is 1. The van der Waals surface area contributed by atoms with Crippen LogP contribution in [0.2, 0.25) is 0 Å². The summed E-state index contributed by atoms with van der Waals surface area (Å²) in [5.74, 6) is -3.70. The highest BCUT2D eigenvalue weighted by Crippen LogP contribution is 2.33. The van der Waals surface area contributed by atoms with Crippen LogP contribution in [-0.4, -0.2) is 53.3 Å². The van der Waals surface area contributed by atoms with E-state index in [1.54, 1.807) is 13.8 Å². The number of carboxylic acid groups (broad SMARTS) is 1. The molecule has 1 aromatic carbocycles. The summed E-state index contributed by atoms with van der Waals surface area (Å²) in [7, 11) is 0. The molecule has 1 atom stereocenters. The van der Waals surface area contributed by atoms with Gasteiger partial charge in [0.25, 0.3) is 0 Å². The number of rotatable bonds is 6. The third kappa shape index (κ3) is 4.09. The van der Waals surface area contributed by atoms with Gasteiger partial charge >= 0.3 is 5.97 Å². The molecule has 2 aromatic rings. The quantitative estimate of drug-likeness (QED) is 0.667. The third-order valence-electron chi connectivity index (χ3n) is 5.20. The molecule has 0 radical (unpaired) electrons. The molecule has 0 saturated carbocycles. The molecular formula is C20H23F3N4O4. The van der Waals surface area contributed by atoms with Gasteiger partial charge in [-0.25, -0.2) is 18.0 Å². The number of hydrogen-bond acceptors (Lipinski definition) is 6. The molecule has 1 aromatic heterocycles. The number of anilines is 1. The number of benzene rings is 1. The van der Waals surface area contributed by atoms with Gasteiger partial charge in [0.1, 0.15) is 30.3 Å². The molecule has 11 heteroatoms. The first kappa shape index (κ1) is 22.6. The normalized spacial score (nSPS) is 20.5. The maximum absolute atomic E-state index is 15.6. The van der Waals surface area contributed by atoms with Crippen molar-refractivity contribution >= 4 is 28.3 Å². The van der Waals surface area contributed by atoms with Gasteiger partial charge in [0.05, 0.1) is 28.7 Å². The summed E-state index contributed by atoms with van der Waals surface area (Å²) in [4.78, 5) is 30.3. The van der Waals surface area contributed by atoms with Crippen molar-refractivity contribution in [1.82, 2.24) is 4.57 Å². The number of oxime groups is 1. The van der Waals surface area contributed by atoms with Crippen molar-refractivity contribution in [2.24, 2.45) is 10.9 Å². The van der Waals surface area contributed by atoms with Gasteiger partial charge in [-0.3, -0.25) is 4.79 Å². The summed E-state index contributed by atoms with van der Waals surface area (Å²) in [5, 5.41) is 12.7. The average molecular weight is 440 g/mol. The third-order valence-corrected chi connectivity index (χ3v) is 5.20. The Hall–Kier alpha value is -3.08. The minimum absolute atomic E-state index is 0.0127. The lowest BCUT2D eigenvalue weighted by Crippen LogP contribution is -2.59. The predicted molar refractivity (Wildman–Crippen MR) is 110 cm³/mol. The number of alkyl halides is 1. The second-order valence-corrected chi connectivity index (χ2v) is 7.52. The average Bonchev–Trinajstić information content (AvgIpc) is 2.68. The van der Waals surface area contributed by atoms with E-state index in [9.17, 15) is 23.5 Å². The number of fused-ring (bicyclic) bond motifs is 1. The molecule has 2 heterocycles. The number of aromatic carboxylic acids is 1. The molecule has 0 aliphatic carbocycles. The maximum Gasteiger partial charge on any atom is 0.341 e. The van der Waals surface area contributed by atoms with Gasteiger partial charge in [-0.05, 0) is 19.9 Å². The van der Waals surface area contributed by atoms with Crippen LogP contribution in [0.3, 0.4) is 0 Å². The van der Waals surface area contributed by atoms with Crippen LogP contribution in [-0.2, 0) is 11.4 Å². The Labute approximate surface area is 175 Å². The van der Waals surface area contributed by atoms with Crippen molar-refractivity contribution in [3.8, 4) is 0 Å². The van der Waals surface area contributed by atoms with E-state index in [0.29, 0.717) is 18.7 Å². The highest BCUT2D eigenvalue weighted by atomic mass is 19.1. The minimum atomic E-state index is -1.57. The van der Waals surface area contributed by atoms with Crippen LogP contribution in [0.1, 0.15) is 30.6 Å². The topological polar surface area (TPSA) is 110 Å². The molecule has 3 rings (SSSR count). The first-order valence-corrected chi connectivity index (χ1v) is 9.69. The van der Waals surface area contributed by atoms with Gasteiger partial charge in [-0.1, -0.05) is 5.16 Å². The zero-order chi connectivity index (χ0) is 22.9. The van der Waals surface area contributed by atoms with Crippen LogP contribution < -0.4 is 16.1 Å². The minimum Gasteiger partial charge on any atom is -0.477 e. The number of aromatic nitrogens is 1. The highest BCUT2D eigenvalue weighted by Gasteiger charge is 2.36. The molecule has 1 fully saturated rings. The molecule has 1 aliphatic heterocycles. The molecule has 3 N–H and O–H groups in total. The van der Waals surface area contributed by atoms with E-state index in [2.05, 4.69) is 5.16 Å². The first-order valence-electron chi connectivity index (χ1n) is 9.69. The summed E-state index contributed by atoms with van der Waals surface area (Å²) in [6.07, 6.45) is 1.16. The Balaban J connectivity index is 2.17. The lowest BCUT2D eigenvalue weighted by molar-refractivity contribution is 0.0694. The fourth-order valence-electron chi connectivity index (χ4n) is 3.76. The van der Waals surface area contributed by atoms with Crippen LogP contribution in [0.5, 0.6) is 0 Å². The number of hydrogen-bond donors (Lipinski definition) is 2. The summed E-state index contributed by atoms with van der Waals surface area (Å²) < 4.78 is 44.6. The summed E-state index contributed by atoms with van der Waals surface area (Å²) in [6.45, 7) is 2.62. The maximum atomic E-state index is 15.6. The molecular weight excluding hydrogens is 417 g/mol. The van der Waals surface area contributed by atoms with E-state index in [4.69, 9.17) is 10.6 Å². The van der Waals surface area contributed by atoms with Gasteiger partial charge < -0.3 is 25.1 Å². The number of carboxylic acids is 1. The van der Waals surface area contributed by atoms with E-state index in [0.717, 1.165) is 16.8 Å².